The van der Waals surface area contributed by atoms with Gasteiger partial charge in [-0.3, -0.25) is 0 Å². The van der Waals surface area contributed by atoms with Crippen molar-refractivity contribution in [1.82, 2.24) is 0 Å². The first-order valence-corrected chi connectivity index (χ1v) is 8.63. The molecule has 0 fully saturated rings. The van der Waals surface area contributed by atoms with Crippen LogP contribution < -0.4 is 9.64 Å². The van der Waals surface area contributed by atoms with Crippen LogP contribution in [-0.4, -0.2) is 12.1 Å². The summed E-state index contributed by atoms with van der Waals surface area (Å²) in [5.74, 6) is 0.976. The molecule has 0 aromatic heterocycles. The van der Waals surface area contributed by atoms with Gasteiger partial charge in [-0.2, -0.15) is 5.26 Å². The summed E-state index contributed by atoms with van der Waals surface area (Å²) in [6.07, 6.45) is 1.97. The van der Waals surface area contributed by atoms with Crippen LogP contribution in [0.15, 0.2) is 42.5 Å². The second-order valence-electron chi connectivity index (χ2n) is 6.63. The van der Waals surface area contributed by atoms with Gasteiger partial charge >= 0.3 is 0 Å². The lowest BCUT2D eigenvalue weighted by Crippen LogP contribution is -2.50. The maximum atomic E-state index is 8.97. The molecule has 0 atom stereocenters. The third-order valence-corrected chi connectivity index (χ3v) is 5.01. The van der Waals surface area contributed by atoms with E-state index in [1.807, 2.05) is 24.3 Å². The van der Waals surface area contributed by atoms with Gasteiger partial charge in [0.15, 0.2) is 0 Å². The highest BCUT2D eigenvalue weighted by atomic mass is 16.5. The fourth-order valence-electron chi connectivity index (χ4n) is 3.32. The molecule has 0 amide bonds. The minimum atomic E-state index is -0.130. The van der Waals surface area contributed by atoms with Crippen molar-refractivity contribution in [3.8, 4) is 11.8 Å². The Morgan fingerprint density at radius 2 is 1.83 bits per heavy atom. The van der Waals surface area contributed by atoms with Crippen molar-refractivity contribution in [2.24, 2.45) is 0 Å². The minimum Gasteiger partial charge on any atom is -0.483 e. The summed E-state index contributed by atoms with van der Waals surface area (Å²) in [5.41, 5.74) is 4.19. The number of rotatable bonds is 4. The number of hydrogen-bond donors (Lipinski definition) is 0. The molecule has 0 N–H and O–H groups in total. The van der Waals surface area contributed by atoms with Crippen LogP contribution in [0.1, 0.15) is 43.4 Å². The average Bonchev–Trinajstić information content (AvgIpc) is 2.62. The summed E-state index contributed by atoms with van der Waals surface area (Å²) >= 11 is 0. The van der Waals surface area contributed by atoms with Gasteiger partial charge < -0.3 is 9.64 Å². The van der Waals surface area contributed by atoms with E-state index in [0.717, 1.165) is 37.4 Å². The van der Waals surface area contributed by atoms with E-state index in [-0.39, 0.29) is 5.60 Å². The van der Waals surface area contributed by atoms with Crippen molar-refractivity contribution in [3.05, 3.63) is 59.2 Å². The van der Waals surface area contributed by atoms with Gasteiger partial charge in [0, 0.05) is 6.54 Å². The number of nitrogens with zero attached hydrogens (tertiary/aromatic N) is 2. The number of nitriles is 1. The van der Waals surface area contributed by atoms with Crippen LogP contribution in [0.3, 0.4) is 0 Å². The summed E-state index contributed by atoms with van der Waals surface area (Å²) in [6, 6.07) is 16.5. The number of fused-ring (bicyclic) bond motifs is 1. The molecule has 0 radical (unpaired) electrons. The van der Waals surface area contributed by atoms with Gasteiger partial charge in [0.05, 0.1) is 23.9 Å². The largest absolute Gasteiger partial charge is 0.483 e. The molecule has 24 heavy (non-hydrogen) atoms. The van der Waals surface area contributed by atoms with E-state index in [4.69, 9.17) is 10.00 Å². The van der Waals surface area contributed by atoms with Gasteiger partial charge in [-0.25, -0.2) is 0 Å². The Morgan fingerprint density at radius 1 is 1.12 bits per heavy atom. The predicted octanol–water partition coefficient (Wildman–Crippen LogP) is 4.82. The summed E-state index contributed by atoms with van der Waals surface area (Å²) in [5, 5.41) is 8.97. The van der Waals surface area contributed by atoms with E-state index in [1.165, 1.54) is 11.1 Å². The van der Waals surface area contributed by atoms with Gasteiger partial charge in [-0.1, -0.05) is 32.0 Å². The van der Waals surface area contributed by atoms with Crippen molar-refractivity contribution in [3.63, 3.8) is 0 Å². The first-order valence-electron chi connectivity index (χ1n) is 8.63. The Balaban J connectivity index is 1.95. The monoisotopic (exact) mass is 320 g/mol. The number of benzene rings is 2. The SMILES string of the molecule is CCC1(CC)CN(Cc2ccc(C#N)cc2)c2cc(C)ccc2O1. The lowest BCUT2D eigenvalue weighted by molar-refractivity contribution is 0.0570. The highest BCUT2D eigenvalue weighted by Crippen LogP contribution is 2.40. The third kappa shape index (κ3) is 3.10. The first kappa shape index (κ1) is 16.4. The smallest absolute Gasteiger partial charge is 0.143 e. The number of aryl methyl sites for hydroxylation is 1. The Hall–Kier alpha value is -2.47. The molecule has 3 nitrogen and oxygen atoms in total. The van der Waals surface area contributed by atoms with Crippen LogP contribution in [0.4, 0.5) is 5.69 Å². The van der Waals surface area contributed by atoms with E-state index < -0.39 is 0 Å². The molecule has 0 spiro atoms. The molecular formula is C21H24N2O. The molecule has 3 rings (SSSR count). The fraction of sp³-hybridized carbons (Fsp3) is 0.381. The molecule has 0 saturated heterocycles. The van der Waals surface area contributed by atoms with Gasteiger partial charge in [-0.05, 0) is 55.2 Å². The van der Waals surface area contributed by atoms with Crippen molar-refractivity contribution < 1.29 is 4.74 Å². The van der Waals surface area contributed by atoms with Gasteiger partial charge in [-0.15, -0.1) is 0 Å². The normalized spacial score (nSPS) is 15.3. The van der Waals surface area contributed by atoms with Crippen LogP contribution in [-0.2, 0) is 6.54 Å². The predicted molar refractivity (Wildman–Crippen MR) is 97.3 cm³/mol. The maximum Gasteiger partial charge on any atom is 0.143 e. The zero-order chi connectivity index (χ0) is 17.2. The molecule has 2 aromatic rings. The third-order valence-electron chi connectivity index (χ3n) is 5.01. The number of anilines is 1. The second kappa shape index (κ2) is 6.57. The summed E-state index contributed by atoms with van der Waals surface area (Å²) in [7, 11) is 0. The number of ether oxygens (including phenoxy) is 1. The molecule has 124 valence electrons. The first-order chi connectivity index (χ1) is 11.6. The fourth-order valence-corrected chi connectivity index (χ4v) is 3.32. The highest BCUT2D eigenvalue weighted by Gasteiger charge is 2.36. The highest BCUT2D eigenvalue weighted by molar-refractivity contribution is 5.62. The van der Waals surface area contributed by atoms with Gasteiger partial charge in [0.1, 0.15) is 11.4 Å². The quantitative estimate of drug-likeness (QED) is 0.810. The topological polar surface area (TPSA) is 36.3 Å². The molecular weight excluding hydrogens is 296 g/mol. The van der Waals surface area contributed by atoms with Crippen molar-refractivity contribution in [1.29, 1.82) is 5.26 Å². The standard InChI is InChI=1S/C21H24N2O/c1-4-21(5-2)15-23(14-18-9-7-17(13-22)8-10-18)19-12-16(3)6-11-20(19)24-21/h6-12H,4-5,14-15H2,1-3H3. The van der Waals surface area contributed by atoms with Crippen LogP contribution >= 0.6 is 0 Å². The molecule has 0 bridgehead atoms. The van der Waals surface area contributed by atoms with E-state index in [0.29, 0.717) is 5.56 Å². The van der Waals surface area contributed by atoms with Gasteiger partial charge in [0.25, 0.3) is 0 Å². The van der Waals surface area contributed by atoms with E-state index in [9.17, 15) is 0 Å². The Morgan fingerprint density at radius 3 is 2.46 bits per heavy atom. The molecule has 1 aliphatic heterocycles. The van der Waals surface area contributed by atoms with Crippen molar-refractivity contribution >= 4 is 5.69 Å². The van der Waals surface area contributed by atoms with E-state index in [1.54, 1.807) is 0 Å². The molecule has 3 heteroatoms. The Labute approximate surface area is 144 Å². The summed E-state index contributed by atoms with van der Waals surface area (Å²) in [4.78, 5) is 2.42. The number of hydrogen-bond acceptors (Lipinski definition) is 3. The Bertz CT molecular complexity index is 754. The minimum absolute atomic E-state index is 0.130. The average molecular weight is 320 g/mol. The zero-order valence-corrected chi connectivity index (χ0v) is 14.7. The summed E-state index contributed by atoms with van der Waals surface area (Å²) in [6.45, 7) is 8.22. The van der Waals surface area contributed by atoms with Crippen molar-refractivity contribution in [2.75, 3.05) is 11.4 Å². The Kier molecular flexibility index (Phi) is 4.49. The van der Waals surface area contributed by atoms with Crippen LogP contribution in [0.2, 0.25) is 0 Å². The molecule has 1 aliphatic rings. The summed E-state index contributed by atoms with van der Waals surface area (Å²) < 4.78 is 6.39. The zero-order valence-electron chi connectivity index (χ0n) is 14.7. The van der Waals surface area contributed by atoms with Crippen LogP contribution in [0, 0.1) is 18.3 Å². The lowest BCUT2D eigenvalue weighted by Gasteiger charge is -2.44. The van der Waals surface area contributed by atoms with Crippen LogP contribution in [0.5, 0.6) is 5.75 Å². The molecule has 0 unspecified atom stereocenters. The molecule has 0 aliphatic carbocycles. The molecule has 1 heterocycles. The second-order valence-corrected chi connectivity index (χ2v) is 6.63. The lowest BCUT2D eigenvalue weighted by atomic mass is 9.93. The van der Waals surface area contributed by atoms with E-state index in [2.05, 4.69) is 49.9 Å². The molecule has 0 saturated carbocycles. The van der Waals surface area contributed by atoms with Gasteiger partial charge in [0.2, 0.25) is 0 Å². The van der Waals surface area contributed by atoms with E-state index >= 15 is 0 Å². The molecule has 2 aromatic carbocycles. The van der Waals surface area contributed by atoms with Crippen molar-refractivity contribution in [2.45, 2.75) is 45.8 Å². The van der Waals surface area contributed by atoms with Crippen LogP contribution in [0.25, 0.3) is 0 Å². The maximum absolute atomic E-state index is 8.97.